The van der Waals surface area contributed by atoms with Gasteiger partial charge in [-0.05, 0) is 50.2 Å². The monoisotopic (exact) mass is 377 g/mol. The molecule has 28 heavy (non-hydrogen) atoms. The minimum absolute atomic E-state index is 0.0797. The Balaban J connectivity index is 1.19. The van der Waals surface area contributed by atoms with Crippen LogP contribution in [0.25, 0.3) is 11.4 Å². The van der Waals surface area contributed by atoms with Gasteiger partial charge in [-0.15, -0.1) is 5.10 Å². The van der Waals surface area contributed by atoms with Gasteiger partial charge in [0.2, 0.25) is 0 Å². The molecule has 1 N–H and O–H groups in total. The first-order chi connectivity index (χ1) is 13.8. The maximum atomic E-state index is 12.9. The highest BCUT2D eigenvalue weighted by Crippen LogP contribution is 2.26. The van der Waals surface area contributed by atoms with Gasteiger partial charge in [0.05, 0.1) is 11.9 Å². The molecule has 1 saturated heterocycles. The summed E-state index contributed by atoms with van der Waals surface area (Å²) in [6.07, 6.45) is 8.74. The number of aromatic amines is 1. The molecular weight excluding hydrogens is 354 g/mol. The Bertz CT molecular complexity index is 970. The molecule has 0 aromatic carbocycles. The molecule has 0 unspecified atom stereocenters. The van der Waals surface area contributed by atoms with Gasteiger partial charge < -0.3 is 4.90 Å². The number of pyridine rings is 1. The van der Waals surface area contributed by atoms with Crippen LogP contribution in [0.5, 0.6) is 0 Å². The van der Waals surface area contributed by atoms with E-state index < -0.39 is 0 Å². The zero-order valence-corrected chi connectivity index (χ0v) is 15.7. The summed E-state index contributed by atoms with van der Waals surface area (Å²) in [5, 5.41) is 15.8. The van der Waals surface area contributed by atoms with Crippen LogP contribution in [0.2, 0.25) is 0 Å². The van der Waals surface area contributed by atoms with Crippen LogP contribution in [-0.4, -0.2) is 54.1 Å². The lowest BCUT2D eigenvalue weighted by atomic mass is 9.96. The highest BCUT2D eigenvalue weighted by molar-refractivity contribution is 5.94. The average molecular weight is 377 g/mol. The summed E-state index contributed by atoms with van der Waals surface area (Å²) in [4.78, 5) is 19.1. The number of nitrogens with zero attached hydrogens (tertiary/aromatic N) is 6. The molecule has 3 aromatic heterocycles. The Morgan fingerprint density at radius 2 is 2.07 bits per heavy atom. The van der Waals surface area contributed by atoms with Crippen molar-refractivity contribution < 1.29 is 4.79 Å². The fourth-order valence-electron chi connectivity index (χ4n) is 4.25. The lowest BCUT2D eigenvalue weighted by molar-refractivity contribution is 0.0674. The van der Waals surface area contributed by atoms with Crippen LogP contribution in [-0.2, 0) is 19.4 Å². The van der Waals surface area contributed by atoms with E-state index in [-0.39, 0.29) is 5.91 Å². The van der Waals surface area contributed by atoms with Crippen molar-refractivity contribution >= 4 is 5.91 Å². The zero-order valence-electron chi connectivity index (χ0n) is 15.7. The van der Waals surface area contributed by atoms with Crippen LogP contribution >= 0.6 is 0 Å². The van der Waals surface area contributed by atoms with Crippen LogP contribution in [0.3, 0.4) is 0 Å². The van der Waals surface area contributed by atoms with Crippen molar-refractivity contribution in [1.29, 1.82) is 0 Å². The second-order valence-electron chi connectivity index (χ2n) is 7.66. The van der Waals surface area contributed by atoms with Crippen LogP contribution in [0, 0.1) is 5.92 Å². The molecule has 0 bridgehead atoms. The fraction of sp³-hybridized carbons (Fsp3) is 0.450. The molecule has 0 saturated carbocycles. The summed E-state index contributed by atoms with van der Waals surface area (Å²) < 4.78 is 1.90. The molecule has 2 aliphatic rings. The van der Waals surface area contributed by atoms with Gasteiger partial charge in [0, 0.05) is 37.1 Å². The van der Waals surface area contributed by atoms with Gasteiger partial charge in [-0.2, -0.15) is 5.10 Å². The van der Waals surface area contributed by atoms with E-state index in [2.05, 4.69) is 25.5 Å². The molecule has 1 aliphatic carbocycles. The van der Waals surface area contributed by atoms with E-state index in [1.807, 2.05) is 34.0 Å². The summed E-state index contributed by atoms with van der Waals surface area (Å²) in [5.74, 6) is 0.572. The van der Waals surface area contributed by atoms with Crippen molar-refractivity contribution in [2.45, 2.75) is 38.6 Å². The highest BCUT2D eigenvalue weighted by Gasteiger charge is 2.29. The molecule has 0 radical (unpaired) electrons. The van der Waals surface area contributed by atoms with Crippen LogP contribution < -0.4 is 0 Å². The molecule has 8 heteroatoms. The molecule has 0 atom stereocenters. The van der Waals surface area contributed by atoms with Crippen molar-refractivity contribution in [2.75, 3.05) is 13.1 Å². The number of carbonyl (C=O) groups is 1. The lowest BCUT2D eigenvalue weighted by Gasteiger charge is -2.31. The second-order valence-corrected chi connectivity index (χ2v) is 7.66. The van der Waals surface area contributed by atoms with Gasteiger partial charge in [-0.3, -0.25) is 19.6 Å². The predicted molar refractivity (Wildman–Crippen MR) is 102 cm³/mol. The second kappa shape index (κ2) is 7.18. The SMILES string of the molecule is O=C(c1n[nH]c2c1CCC2)N1CCC(Cn2cc(-c3ccccn3)nn2)CC1. The minimum atomic E-state index is 0.0797. The molecule has 5 rings (SSSR count). The molecule has 0 spiro atoms. The Labute approximate surface area is 163 Å². The first-order valence-electron chi connectivity index (χ1n) is 9.95. The number of rotatable bonds is 4. The quantitative estimate of drug-likeness (QED) is 0.752. The molecule has 8 nitrogen and oxygen atoms in total. The molecule has 3 aromatic rings. The third kappa shape index (κ3) is 3.19. The van der Waals surface area contributed by atoms with Crippen molar-refractivity contribution in [3.05, 3.63) is 47.5 Å². The molecule has 144 valence electrons. The maximum absolute atomic E-state index is 12.9. The van der Waals surface area contributed by atoms with E-state index in [0.29, 0.717) is 11.6 Å². The van der Waals surface area contributed by atoms with Crippen LogP contribution in [0.1, 0.15) is 41.0 Å². The fourth-order valence-corrected chi connectivity index (χ4v) is 4.25. The van der Waals surface area contributed by atoms with Crippen molar-refractivity contribution in [3.8, 4) is 11.4 Å². The Morgan fingerprint density at radius 1 is 1.18 bits per heavy atom. The number of H-pyrrole nitrogens is 1. The predicted octanol–water partition coefficient (Wildman–Crippen LogP) is 2.10. The van der Waals surface area contributed by atoms with Gasteiger partial charge >= 0.3 is 0 Å². The van der Waals surface area contributed by atoms with E-state index in [9.17, 15) is 4.79 Å². The summed E-state index contributed by atoms with van der Waals surface area (Å²) >= 11 is 0. The van der Waals surface area contributed by atoms with E-state index in [4.69, 9.17) is 0 Å². The number of piperidine rings is 1. The topological polar surface area (TPSA) is 92.6 Å². The van der Waals surface area contributed by atoms with Gasteiger partial charge in [-0.1, -0.05) is 11.3 Å². The first kappa shape index (κ1) is 17.1. The number of aromatic nitrogens is 6. The summed E-state index contributed by atoms with van der Waals surface area (Å²) in [6.45, 7) is 2.36. The smallest absolute Gasteiger partial charge is 0.274 e. The third-order valence-corrected chi connectivity index (χ3v) is 5.82. The number of hydrogen-bond donors (Lipinski definition) is 1. The maximum Gasteiger partial charge on any atom is 0.274 e. The van der Waals surface area contributed by atoms with E-state index in [0.717, 1.165) is 74.4 Å². The molecular formula is C20H23N7O. The average Bonchev–Trinajstić information content (AvgIpc) is 3.46. The van der Waals surface area contributed by atoms with Gasteiger partial charge in [0.1, 0.15) is 5.69 Å². The zero-order chi connectivity index (χ0) is 18.9. The van der Waals surface area contributed by atoms with Crippen LogP contribution in [0.15, 0.2) is 30.6 Å². The number of likely N-dealkylation sites (tertiary alicyclic amines) is 1. The standard InChI is InChI=1S/C20H23N7O/c28-20(19-15-4-3-6-16(15)22-24-19)26-10-7-14(8-11-26)12-27-13-18(23-25-27)17-5-1-2-9-21-17/h1-2,5,9,13-14H,3-4,6-8,10-12H2,(H,22,24). The van der Waals surface area contributed by atoms with Gasteiger partial charge in [-0.25, -0.2) is 0 Å². The molecule has 4 heterocycles. The number of amides is 1. The van der Waals surface area contributed by atoms with Crippen LogP contribution in [0.4, 0.5) is 0 Å². The van der Waals surface area contributed by atoms with Crippen molar-refractivity contribution in [3.63, 3.8) is 0 Å². The first-order valence-corrected chi connectivity index (χ1v) is 9.95. The molecule has 1 fully saturated rings. The number of hydrogen-bond acceptors (Lipinski definition) is 5. The van der Waals surface area contributed by atoms with Crippen molar-refractivity contribution in [1.82, 2.24) is 35.1 Å². The highest BCUT2D eigenvalue weighted by atomic mass is 16.2. The van der Waals surface area contributed by atoms with E-state index in [1.54, 1.807) is 6.20 Å². The third-order valence-electron chi connectivity index (χ3n) is 5.82. The minimum Gasteiger partial charge on any atom is -0.337 e. The number of fused-ring (bicyclic) bond motifs is 1. The van der Waals surface area contributed by atoms with E-state index >= 15 is 0 Å². The number of aryl methyl sites for hydroxylation is 1. The summed E-state index contributed by atoms with van der Waals surface area (Å²) in [6, 6.07) is 5.77. The molecule has 1 aliphatic heterocycles. The Hall–Kier alpha value is -3.03. The molecule has 1 amide bonds. The summed E-state index contributed by atoms with van der Waals surface area (Å²) in [5.41, 5.74) is 4.55. The largest absolute Gasteiger partial charge is 0.337 e. The Morgan fingerprint density at radius 3 is 2.89 bits per heavy atom. The summed E-state index contributed by atoms with van der Waals surface area (Å²) in [7, 11) is 0. The normalized spacial score (nSPS) is 17.1. The van der Waals surface area contributed by atoms with Crippen molar-refractivity contribution in [2.24, 2.45) is 5.92 Å². The Kier molecular flexibility index (Phi) is 4.38. The lowest BCUT2D eigenvalue weighted by Crippen LogP contribution is -2.39. The van der Waals surface area contributed by atoms with Gasteiger partial charge in [0.15, 0.2) is 5.69 Å². The number of carbonyl (C=O) groups excluding carboxylic acids is 1. The van der Waals surface area contributed by atoms with E-state index in [1.165, 1.54) is 0 Å². The number of nitrogens with one attached hydrogen (secondary N) is 1. The van der Waals surface area contributed by atoms with Gasteiger partial charge in [0.25, 0.3) is 5.91 Å².